The fourth-order valence-electron chi connectivity index (χ4n) is 1.40. The van der Waals surface area contributed by atoms with E-state index in [1.54, 1.807) is 24.3 Å². The summed E-state index contributed by atoms with van der Waals surface area (Å²) < 4.78 is 1.10. The standard InChI is InChI=1S/C10H10N2O3/c13-6-8-9(14)12(10(15)11-8)7-4-2-1-3-5-7/h1-5,13-14H,6H2,(H,11,15). The highest BCUT2D eigenvalue weighted by atomic mass is 16.3. The average Bonchev–Trinajstić information content (AvgIpc) is 2.55. The predicted octanol–water partition coefficient (Wildman–Crippen LogP) is 0.363. The van der Waals surface area contributed by atoms with Crippen molar-refractivity contribution in [3.05, 3.63) is 46.5 Å². The van der Waals surface area contributed by atoms with Gasteiger partial charge in [-0.15, -0.1) is 0 Å². The van der Waals surface area contributed by atoms with E-state index >= 15 is 0 Å². The predicted molar refractivity (Wildman–Crippen MR) is 54.0 cm³/mol. The normalized spacial score (nSPS) is 10.5. The monoisotopic (exact) mass is 206 g/mol. The Hall–Kier alpha value is -2.01. The van der Waals surface area contributed by atoms with Crippen molar-refractivity contribution in [3.8, 4) is 11.6 Å². The van der Waals surface area contributed by atoms with Crippen molar-refractivity contribution in [1.82, 2.24) is 9.55 Å². The Kier molecular flexibility index (Phi) is 2.31. The van der Waals surface area contributed by atoms with Crippen molar-refractivity contribution < 1.29 is 10.2 Å². The van der Waals surface area contributed by atoms with E-state index in [2.05, 4.69) is 4.98 Å². The molecule has 0 fully saturated rings. The molecule has 1 aromatic carbocycles. The van der Waals surface area contributed by atoms with Crippen molar-refractivity contribution in [3.63, 3.8) is 0 Å². The molecule has 3 N–H and O–H groups in total. The van der Waals surface area contributed by atoms with Crippen LogP contribution in [0.15, 0.2) is 35.1 Å². The molecule has 0 saturated carbocycles. The fourth-order valence-corrected chi connectivity index (χ4v) is 1.40. The topological polar surface area (TPSA) is 78.2 Å². The van der Waals surface area contributed by atoms with E-state index in [-0.39, 0.29) is 11.6 Å². The third-order valence-corrected chi connectivity index (χ3v) is 2.12. The van der Waals surface area contributed by atoms with Gasteiger partial charge in [-0.2, -0.15) is 0 Å². The third kappa shape index (κ3) is 1.53. The van der Waals surface area contributed by atoms with Gasteiger partial charge >= 0.3 is 5.69 Å². The smallest absolute Gasteiger partial charge is 0.333 e. The van der Waals surface area contributed by atoms with Gasteiger partial charge in [-0.3, -0.25) is 0 Å². The molecule has 0 spiro atoms. The number of benzene rings is 1. The fraction of sp³-hybridized carbons (Fsp3) is 0.100. The highest BCUT2D eigenvalue weighted by Gasteiger charge is 2.12. The first-order valence-corrected chi connectivity index (χ1v) is 4.43. The summed E-state index contributed by atoms with van der Waals surface area (Å²) >= 11 is 0. The number of rotatable bonds is 2. The van der Waals surface area contributed by atoms with Gasteiger partial charge in [0.15, 0.2) is 0 Å². The minimum absolute atomic E-state index is 0.115. The first-order valence-electron chi connectivity index (χ1n) is 4.43. The molecule has 2 rings (SSSR count). The van der Waals surface area contributed by atoms with Gasteiger partial charge < -0.3 is 15.2 Å². The molecule has 5 heteroatoms. The van der Waals surface area contributed by atoms with Gasteiger partial charge in [-0.25, -0.2) is 9.36 Å². The largest absolute Gasteiger partial charge is 0.493 e. The zero-order valence-corrected chi connectivity index (χ0v) is 7.84. The maximum Gasteiger partial charge on any atom is 0.333 e. The number of H-pyrrole nitrogens is 1. The van der Waals surface area contributed by atoms with Crippen molar-refractivity contribution in [2.75, 3.05) is 0 Å². The number of aromatic hydroxyl groups is 1. The Balaban J connectivity index is 2.64. The van der Waals surface area contributed by atoms with Crippen LogP contribution in [0.5, 0.6) is 5.88 Å². The molecule has 0 aliphatic carbocycles. The summed E-state index contributed by atoms with van der Waals surface area (Å²) in [5.74, 6) is -0.256. The quantitative estimate of drug-likeness (QED) is 0.664. The Labute approximate surface area is 85.2 Å². The summed E-state index contributed by atoms with van der Waals surface area (Å²) in [6, 6.07) is 8.71. The first-order chi connectivity index (χ1) is 7.24. The van der Waals surface area contributed by atoms with Gasteiger partial charge in [0.05, 0.1) is 12.3 Å². The number of hydrogen-bond donors (Lipinski definition) is 3. The molecule has 0 amide bonds. The zero-order chi connectivity index (χ0) is 10.8. The number of imidazole rings is 1. The lowest BCUT2D eigenvalue weighted by Crippen LogP contribution is -2.14. The van der Waals surface area contributed by atoms with Gasteiger partial charge in [-0.1, -0.05) is 18.2 Å². The maximum atomic E-state index is 11.5. The Morgan fingerprint density at radius 2 is 1.93 bits per heavy atom. The molecule has 0 atom stereocenters. The molecule has 0 unspecified atom stereocenters. The Morgan fingerprint density at radius 3 is 2.47 bits per heavy atom. The first kappa shape index (κ1) is 9.54. The zero-order valence-electron chi connectivity index (χ0n) is 7.84. The minimum atomic E-state index is -0.470. The number of nitrogens with zero attached hydrogens (tertiary/aromatic N) is 1. The summed E-state index contributed by atoms with van der Waals surface area (Å²) in [5.41, 5.74) is 0.197. The summed E-state index contributed by atoms with van der Waals surface area (Å²) in [7, 11) is 0. The molecular formula is C10H10N2O3. The molecule has 0 aliphatic rings. The van der Waals surface area contributed by atoms with Crippen LogP contribution in [0.25, 0.3) is 5.69 Å². The number of nitrogens with one attached hydrogen (secondary N) is 1. The van der Waals surface area contributed by atoms with Crippen LogP contribution in [0, 0.1) is 0 Å². The van der Waals surface area contributed by atoms with Crippen molar-refractivity contribution in [2.45, 2.75) is 6.61 Å². The van der Waals surface area contributed by atoms with Gasteiger partial charge in [0.25, 0.3) is 0 Å². The van der Waals surface area contributed by atoms with E-state index in [4.69, 9.17) is 5.11 Å². The summed E-state index contributed by atoms with van der Waals surface area (Å²) in [4.78, 5) is 13.8. The number of aromatic nitrogens is 2. The van der Waals surface area contributed by atoms with Gasteiger partial charge in [0.1, 0.15) is 5.69 Å². The van der Waals surface area contributed by atoms with Gasteiger partial charge in [-0.05, 0) is 12.1 Å². The molecule has 0 saturated heterocycles. The van der Waals surface area contributed by atoms with Gasteiger partial charge in [0.2, 0.25) is 5.88 Å². The molecule has 78 valence electrons. The van der Waals surface area contributed by atoms with E-state index in [9.17, 15) is 9.90 Å². The van der Waals surface area contributed by atoms with Crippen LogP contribution in [0.1, 0.15) is 5.69 Å². The second-order valence-electron chi connectivity index (χ2n) is 3.06. The molecule has 2 aromatic rings. The SMILES string of the molecule is O=c1[nH]c(CO)c(O)n1-c1ccccc1. The average molecular weight is 206 g/mol. The Bertz CT molecular complexity index is 513. The molecule has 0 radical (unpaired) electrons. The summed E-state index contributed by atoms with van der Waals surface area (Å²) in [6.07, 6.45) is 0. The van der Waals surface area contributed by atoms with Crippen molar-refractivity contribution >= 4 is 0 Å². The van der Waals surface area contributed by atoms with Crippen molar-refractivity contribution in [1.29, 1.82) is 0 Å². The molecule has 5 nitrogen and oxygen atoms in total. The van der Waals surface area contributed by atoms with Crippen LogP contribution in [0.4, 0.5) is 0 Å². The molecule has 0 aliphatic heterocycles. The molecule has 15 heavy (non-hydrogen) atoms. The minimum Gasteiger partial charge on any atom is -0.493 e. The lowest BCUT2D eigenvalue weighted by molar-refractivity contribution is 0.270. The van der Waals surface area contributed by atoms with Crippen LogP contribution in [-0.4, -0.2) is 19.8 Å². The number of para-hydroxylation sites is 1. The van der Waals surface area contributed by atoms with Crippen LogP contribution < -0.4 is 5.69 Å². The van der Waals surface area contributed by atoms with E-state index in [0.717, 1.165) is 4.57 Å². The number of hydrogen-bond acceptors (Lipinski definition) is 3. The summed E-state index contributed by atoms with van der Waals surface area (Å²) in [6.45, 7) is -0.402. The van der Waals surface area contributed by atoms with Crippen LogP contribution in [0.2, 0.25) is 0 Å². The van der Waals surface area contributed by atoms with Crippen LogP contribution in [-0.2, 0) is 6.61 Å². The lowest BCUT2D eigenvalue weighted by Gasteiger charge is -2.01. The third-order valence-electron chi connectivity index (χ3n) is 2.12. The second-order valence-corrected chi connectivity index (χ2v) is 3.06. The number of aliphatic hydroxyl groups is 1. The van der Waals surface area contributed by atoms with E-state index in [1.807, 2.05) is 6.07 Å². The number of aliphatic hydroxyl groups excluding tert-OH is 1. The molecule has 1 heterocycles. The molecule has 0 bridgehead atoms. The highest BCUT2D eigenvalue weighted by Crippen LogP contribution is 2.17. The molecular weight excluding hydrogens is 196 g/mol. The van der Waals surface area contributed by atoms with E-state index in [0.29, 0.717) is 5.69 Å². The van der Waals surface area contributed by atoms with E-state index < -0.39 is 12.3 Å². The lowest BCUT2D eigenvalue weighted by atomic mass is 10.3. The van der Waals surface area contributed by atoms with Crippen LogP contribution in [0.3, 0.4) is 0 Å². The van der Waals surface area contributed by atoms with E-state index in [1.165, 1.54) is 0 Å². The number of aromatic amines is 1. The Morgan fingerprint density at radius 1 is 1.27 bits per heavy atom. The molecule has 1 aromatic heterocycles. The van der Waals surface area contributed by atoms with Gasteiger partial charge in [0, 0.05) is 0 Å². The maximum absolute atomic E-state index is 11.5. The van der Waals surface area contributed by atoms with Crippen molar-refractivity contribution in [2.24, 2.45) is 0 Å². The second kappa shape index (κ2) is 3.62. The highest BCUT2D eigenvalue weighted by molar-refractivity contribution is 5.37. The summed E-state index contributed by atoms with van der Waals surface area (Å²) in [5, 5.41) is 18.5. The van der Waals surface area contributed by atoms with Crippen LogP contribution >= 0.6 is 0 Å².